The van der Waals surface area contributed by atoms with Crippen LogP contribution in [0.15, 0.2) is 0 Å². The van der Waals surface area contributed by atoms with Crippen LogP contribution < -0.4 is 0 Å². The summed E-state index contributed by atoms with van der Waals surface area (Å²) in [5, 5.41) is 0. The van der Waals surface area contributed by atoms with Gasteiger partial charge in [-0.2, -0.15) is 4.31 Å². The summed E-state index contributed by atoms with van der Waals surface area (Å²) in [6.07, 6.45) is 4.58. The van der Waals surface area contributed by atoms with E-state index in [1.165, 1.54) is 0 Å². The Labute approximate surface area is 118 Å². The van der Waals surface area contributed by atoms with Crippen molar-refractivity contribution < 1.29 is 41.5 Å². The number of phosphoric acid groups is 2. The minimum Gasteiger partial charge on any atom is -0.308 e. The molecule has 0 radical (unpaired) electrons. The Kier molecular flexibility index (Phi) is 8.98. The summed E-state index contributed by atoms with van der Waals surface area (Å²) in [4.78, 5) is 25.8. The monoisotopic (exact) mass is 354 g/mol. The van der Waals surface area contributed by atoms with Crippen molar-refractivity contribution in [3.8, 4) is 0 Å². The van der Waals surface area contributed by atoms with Crippen LogP contribution in [0.1, 0.15) is 39.0 Å². The Morgan fingerprint density at radius 3 is 1.95 bits per heavy atom. The maximum Gasteiger partial charge on any atom is 0.488 e. The molecule has 12 heteroatoms. The molecule has 0 spiro atoms. The maximum atomic E-state index is 11.7. The first-order valence-electron chi connectivity index (χ1n) is 6.00. The van der Waals surface area contributed by atoms with Crippen molar-refractivity contribution in [2.45, 2.75) is 39.0 Å². The summed E-state index contributed by atoms with van der Waals surface area (Å²) < 4.78 is 45.8. The quantitative estimate of drug-likeness (QED) is 0.377. The van der Waals surface area contributed by atoms with Gasteiger partial charge in [0.2, 0.25) is 0 Å². The van der Waals surface area contributed by atoms with Crippen LogP contribution in [0.2, 0.25) is 0 Å². The molecule has 122 valence electrons. The van der Waals surface area contributed by atoms with Crippen LogP contribution in [-0.4, -0.2) is 28.0 Å². The molecule has 9 nitrogen and oxygen atoms in total. The van der Waals surface area contributed by atoms with Crippen molar-refractivity contribution in [3.63, 3.8) is 0 Å². The van der Waals surface area contributed by atoms with E-state index in [2.05, 4.69) is 15.5 Å². The summed E-state index contributed by atoms with van der Waals surface area (Å²) in [5.41, 5.74) is 0. The van der Waals surface area contributed by atoms with Crippen LogP contribution in [0.4, 0.5) is 0 Å². The van der Waals surface area contributed by atoms with E-state index in [1.54, 1.807) is 0 Å². The molecule has 2 atom stereocenters. The molecular formula is C8H21O9P3. The van der Waals surface area contributed by atoms with Gasteiger partial charge in [0.25, 0.3) is 0 Å². The van der Waals surface area contributed by atoms with E-state index in [9.17, 15) is 13.7 Å². The van der Waals surface area contributed by atoms with E-state index in [0.29, 0.717) is 6.42 Å². The van der Waals surface area contributed by atoms with E-state index in [0.717, 1.165) is 32.3 Å². The SMILES string of the molecule is CCCCCCCOP(C)(=O)OP(=O)(O)OP(=O)(O)O. The van der Waals surface area contributed by atoms with Crippen molar-refractivity contribution >= 4 is 23.2 Å². The Balaban J connectivity index is 4.15. The molecule has 0 heterocycles. The van der Waals surface area contributed by atoms with E-state index in [1.807, 2.05) is 0 Å². The number of rotatable bonds is 11. The third kappa shape index (κ3) is 12.2. The zero-order chi connectivity index (χ0) is 15.9. The van der Waals surface area contributed by atoms with Gasteiger partial charge >= 0.3 is 23.2 Å². The lowest BCUT2D eigenvalue weighted by Gasteiger charge is -2.17. The molecule has 0 aliphatic heterocycles. The molecule has 3 N–H and O–H groups in total. The van der Waals surface area contributed by atoms with Crippen LogP contribution in [0, 0.1) is 0 Å². The smallest absolute Gasteiger partial charge is 0.308 e. The topological polar surface area (TPSA) is 140 Å². The normalized spacial score (nSPS) is 18.4. The highest BCUT2D eigenvalue weighted by Gasteiger charge is 2.38. The summed E-state index contributed by atoms with van der Waals surface area (Å²) in [7, 11) is -14.3. The first-order chi connectivity index (χ1) is 8.97. The lowest BCUT2D eigenvalue weighted by Crippen LogP contribution is -1.97. The van der Waals surface area contributed by atoms with Crippen molar-refractivity contribution in [3.05, 3.63) is 0 Å². The highest BCUT2D eigenvalue weighted by molar-refractivity contribution is 7.68. The van der Waals surface area contributed by atoms with Gasteiger partial charge in [-0.25, -0.2) is 13.4 Å². The van der Waals surface area contributed by atoms with Crippen molar-refractivity contribution in [1.29, 1.82) is 0 Å². The fourth-order valence-electron chi connectivity index (χ4n) is 1.30. The highest BCUT2D eigenvalue weighted by atomic mass is 31.3. The Hall–Kier alpha value is 0.450. The molecule has 0 saturated carbocycles. The minimum atomic E-state index is -5.23. The predicted octanol–water partition coefficient (Wildman–Crippen LogP) is 3.02. The summed E-state index contributed by atoms with van der Waals surface area (Å²) in [6, 6.07) is 0. The second-order valence-electron chi connectivity index (χ2n) is 4.14. The van der Waals surface area contributed by atoms with Gasteiger partial charge in [0, 0.05) is 6.66 Å². The summed E-state index contributed by atoms with van der Waals surface area (Å²) in [5.74, 6) is 0. The molecule has 20 heavy (non-hydrogen) atoms. The van der Waals surface area contributed by atoms with Gasteiger partial charge in [-0.15, -0.1) is 0 Å². The summed E-state index contributed by atoms with van der Waals surface area (Å²) >= 11 is 0. The van der Waals surface area contributed by atoms with Gasteiger partial charge in [-0.05, 0) is 6.42 Å². The average molecular weight is 354 g/mol. The van der Waals surface area contributed by atoms with Crippen LogP contribution >= 0.6 is 23.2 Å². The van der Waals surface area contributed by atoms with Crippen LogP contribution in [-0.2, 0) is 26.8 Å². The lowest BCUT2D eigenvalue weighted by molar-refractivity contribution is 0.207. The second-order valence-corrected chi connectivity index (χ2v) is 9.17. The van der Waals surface area contributed by atoms with Gasteiger partial charge in [0.15, 0.2) is 0 Å². The van der Waals surface area contributed by atoms with E-state index in [4.69, 9.17) is 19.2 Å². The molecule has 0 aromatic heterocycles. The summed E-state index contributed by atoms with van der Waals surface area (Å²) in [6.45, 7) is 3.03. The Morgan fingerprint density at radius 1 is 0.900 bits per heavy atom. The molecule has 0 aliphatic carbocycles. The first kappa shape index (κ1) is 20.5. The molecular weight excluding hydrogens is 333 g/mol. The molecule has 0 rings (SSSR count). The van der Waals surface area contributed by atoms with Gasteiger partial charge in [0.1, 0.15) is 0 Å². The maximum absolute atomic E-state index is 11.7. The van der Waals surface area contributed by atoms with Crippen LogP contribution in [0.3, 0.4) is 0 Å². The van der Waals surface area contributed by atoms with Crippen molar-refractivity contribution in [2.75, 3.05) is 13.3 Å². The Morgan fingerprint density at radius 2 is 1.45 bits per heavy atom. The molecule has 0 aromatic carbocycles. The number of hydrogen-bond acceptors (Lipinski definition) is 6. The second kappa shape index (κ2) is 8.79. The van der Waals surface area contributed by atoms with Crippen LogP contribution in [0.25, 0.3) is 0 Å². The molecule has 0 aliphatic rings. The zero-order valence-electron chi connectivity index (χ0n) is 11.4. The fourth-order valence-corrected chi connectivity index (χ4v) is 4.91. The molecule has 0 fully saturated rings. The van der Waals surface area contributed by atoms with Gasteiger partial charge < -0.3 is 19.2 Å². The van der Waals surface area contributed by atoms with Gasteiger partial charge in [-0.1, -0.05) is 32.6 Å². The van der Waals surface area contributed by atoms with Crippen molar-refractivity contribution in [1.82, 2.24) is 0 Å². The number of unbranched alkanes of at least 4 members (excludes halogenated alkanes) is 4. The molecule has 0 bridgehead atoms. The number of hydrogen-bond donors (Lipinski definition) is 3. The van der Waals surface area contributed by atoms with E-state index in [-0.39, 0.29) is 6.61 Å². The van der Waals surface area contributed by atoms with Crippen LogP contribution in [0.5, 0.6) is 0 Å². The van der Waals surface area contributed by atoms with Crippen molar-refractivity contribution in [2.24, 2.45) is 0 Å². The van der Waals surface area contributed by atoms with E-state index >= 15 is 0 Å². The third-order valence-electron chi connectivity index (χ3n) is 2.03. The predicted molar refractivity (Wildman–Crippen MR) is 72.3 cm³/mol. The first-order valence-corrected chi connectivity index (χ1v) is 11.0. The molecule has 0 amide bonds. The average Bonchev–Trinajstić information content (AvgIpc) is 2.17. The minimum absolute atomic E-state index is 0.0490. The lowest BCUT2D eigenvalue weighted by atomic mass is 10.2. The highest BCUT2D eigenvalue weighted by Crippen LogP contribution is 2.66. The van der Waals surface area contributed by atoms with E-state index < -0.39 is 23.2 Å². The third-order valence-corrected chi connectivity index (χ3v) is 6.37. The molecule has 2 unspecified atom stereocenters. The largest absolute Gasteiger partial charge is 0.488 e. The molecule has 0 aromatic rings. The fraction of sp³-hybridized carbons (Fsp3) is 1.00. The Bertz CT molecular complexity index is 417. The molecule has 0 saturated heterocycles. The zero-order valence-corrected chi connectivity index (χ0v) is 14.1. The van der Waals surface area contributed by atoms with Gasteiger partial charge in [-0.3, -0.25) is 4.57 Å². The standard InChI is InChI=1S/C8H21O9P3/c1-3-4-5-6-7-8-15-18(2,9)16-20(13,14)17-19(10,11)12/h3-8H2,1-2H3,(H,13,14)(H2,10,11,12). The van der Waals surface area contributed by atoms with Gasteiger partial charge in [0.05, 0.1) is 6.61 Å².